The molecule has 0 saturated heterocycles. The summed E-state index contributed by atoms with van der Waals surface area (Å²) in [6, 6.07) is 0. The van der Waals surface area contributed by atoms with Gasteiger partial charge in [0.1, 0.15) is 5.01 Å². The number of alkyl halides is 3. The minimum atomic E-state index is -4.17. The summed E-state index contributed by atoms with van der Waals surface area (Å²) >= 11 is 1.60. The van der Waals surface area contributed by atoms with Gasteiger partial charge in [0, 0.05) is 24.5 Å². The van der Waals surface area contributed by atoms with E-state index < -0.39 is 12.7 Å². The van der Waals surface area contributed by atoms with Crippen LogP contribution < -0.4 is 10.6 Å². The molecule has 2 N–H and O–H groups in total. The molecule has 140 valence electrons. The summed E-state index contributed by atoms with van der Waals surface area (Å²) in [6.45, 7) is 6.78. The van der Waals surface area contributed by atoms with Gasteiger partial charge in [-0.2, -0.15) is 13.2 Å². The molecule has 1 aromatic rings. The zero-order valence-corrected chi connectivity index (χ0v) is 17.5. The van der Waals surface area contributed by atoms with Crippen molar-refractivity contribution in [2.45, 2.75) is 33.5 Å². The number of aromatic nitrogens is 1. The van der Waals surface area contributed by atoms with E-state index in [0.29, 0.717) is 25.6 Å². The third-order valence-corrected chi connectivity index (χ3v) is 4.08. The maximum absolute atomic E-state index is 12.3. The van der Waals surface area contributed by atoms with Gasteiger partial charge in [-0.25, -0.2) is 9.98 Å². The van der Waals surface area contributed by atoms with Crippen LogP contribution in [-0.4, -0.2) is 55.2 Å². The van der Waals surface area contributed by atoms with Crippen LogP contribution in [0.4, 0.5) is 13.2 Å². The second-order valence-corrected chi connectivity index (χ2v) is 6.51. The Hall–Kier alpha value is -0.620. The molecule has 0 radical (unpaired) electrons. The number of likely N-dealkylation sites (N-methyl/N-ethyl adjacent to an activating group) is 1. The number of guanidine groups is 1. The Morgan fingerprint density at radius 3 is 2.46 bits per heavy atom. The number of rotatable bonds is 7. The van der Waals surface area contributed by atoms with E-state index in [2.05, 4.69) is 20.6 Å². The van der Waals surface area contributed by atoms with Gasteiger partial charge in [-0.15, -0.1) is 35.3 Å². The standard InChI is InChI=1S/C14H24F3N5S.HI/c1-5-18-13(19-6-7-22(4)9-14(15,16)17)20-8-12-21-10(2)11(3)23-12;/h5-9H2,1-4H3,(H2,18,19,20);1H. The Morgan fingerprint density at radius 1 is 1.29 bits per heavy atom. The van der Waals surface area contributed by atoms with Gasteiger partial charge in [0.2, 0.25) is 0 Å². The Morgan fingerprint density at radius 2 is 1.96 bits per heavy atom. The van der Waals surface area contributed by atoms with E-state index in [1.165, 1.54) is 16.8 Å². The molecule has 0 aliphatic rings. The number of nitrogens with zero attached hydrogens (tertiary/aromatic N) is 3. The lowest BCUT2D eigenvalue weighted by Gasteiger charge is -2.19. The van der Waals surface area contributed by atoms with E-state index in [9.17, 15) is 13.2 Å². The molecule has 5 nitrogen and oxygen atoms in total. The van der Waals surface area contributed by atoms with Crippen molar-refractivity contribution in [2.24, 2.45) is 4.99 Å². The van der Waals surface area contributed by atoms with Crippen molar-refractivity contribution in [3.05, 3.63) is 15.6 Å². The Kier molecular flexibility index (Phi) is 10.8. The lowest BCUT2D eigenvalue weighted by molar-refractivity contribution is -0.142. The third kappa shape index (κ3) is 9.62. The fourth-order valence-electron chi connectivity index (χ4n) is 1.85. The molecule has 0 spiro atoms. The summed E-state index contributed by atoms with van der Waals surface area (Å²) in [4.78, 5) is 11.2. The quantitative estimate of drug-likeness (QED) is 0.359. The van der Waals surface area contributed by atoms with Gasteiger partial charge in [0.15, 0.2) is 5.96 Å². The molecule has 0 saturated carbocycles. The minimum absolute atomic E-state index is 0. The summed E-state index contributed by atoms with van der Waals surface area (Å²) in [5.74, 6) is 0.582. The number of halogens is 4. The summed E-state index contributed by atoms with van der Waals surface area (Å²) in [7, 11) is 1.44. The highest BCUT2D eigenvalue weighted by Crippen LogP contribution is 2.17. The summed E-state index contributed by atoms with van der Waals surface area (Å²) in [5.41, 5.74) is 1.01. The topological polar surface area (TPSA) is 52.6 Å². The molecule has 10 heteroatoms. The molecule has 24 heavy (non-hydrogen) atoms. The maximum Gasteiger partial charge on any atom is 0.401 e. The molecule has 0 bridgehead atoms. The van der Waals surface area contributed by atoms with Crippen molar-refractivity contribution in [2.75, 3.05) is 33.2 Å². The van der Waals surface area contributed by atoms with Gasteiger partial charge in [0.25, 0.3) is 0 Å². The van der Waals surface area contributed by atoms with E-state index in [0.717, 1.165) is 10.7 Å². The average Bonchev–Trinajstić information content (AvgIpc) is 2.73. The van der Waals surface area contributed by atoms with Crippen LogP contribution in [0.15, 0.2) is 4.99 Å². The molecule has 0 aliphatic heterocycles. The number of hydrogen-bond acceptors (Lipinski definition) is 4. The van der Waals surface area contributed by atoms with Gasteiger partial charge >= 0.3 is 6.18 Å². The zero-order valence-electron chi connectivity index (χ0n) is 14.3. The molecule has 0 fully saturated rings. The second-order valence-electron chi connectivity index (χ2n) is 5.22. The summed E-state index contributed by atoms with van der Waals surface area (Å²) < 4.78 is 36.8. The largest absolute Gasteiger partial charge is 0.401 e. The predicted molar refractivity (Wildman–Crippen MR) is 103 cm³/mol. The van der Waals surface area contributed by atoms with Gasteiger partial charge < -0.3 is 10.6 Å². The van der Waals surface area contributed by atoms with Gasteiger partial charge in [-0.1, -0.05) is 0 Å². The minimum Gasteiger partial charge on any atom is -0.357 e. The van der Waals surface area contributed by atoms with Crippen molar-refractivity contribution in [1.29, 1.82) is 0 Å². The molecule has 0 aromatic carbocycles. The number of nitrogens with one attached hydrogen (secondary N) is 2. The number of aryl methyl sites for hydroxylation is 2. The van der Waals surface area contributed by atoms with Crippen LogP contribution in [0.2, 0.25) is 0 Å². The summed E-state index contributed by atoms with van der Waals surface area (Å²) in [6.07, 6.45) is -4.17. The zero-order chi connectivity index (χ0) is 17.5. The second kappa shape index (κ2) is 11.1. The van der Waals surface area contributed by atoms with Crippen molar-refractivity contribution in [3.8, 4) is 0 Å². The normalized spacial score (nSPS) is 12.2. The van der Waals surface area contributed by atoms with E-state index in [1.54, 1.807) is 11.3 Å². The maximum atomic E-state index is 12.3. The highest BCUT2D eigenvalue weighted by molar-refractivity contribution is 14.0. The molecular formula is C14H25F3IN5S. The molecule has 0 amide bonds. The smallest absolute Gasteiger partial charge is 0.357 e. The van der Waals surface area contributed by atoms with Crippen molar-refractivity contribution in [1.82, 2.24) is 20.5 Å². The molecule has 0 atom stereocenters. The Balaban J connectivity index is 0.00000529. The first-order valence-electron chi connectivity index (χ1n) is 7.41. The average molecular weight is 479 g/mol. The first kappa shape index (κ1) is 23.4. The number of thiazole rings is 1. The lowest BCUT2D eigenvalue weighted by Crippen LogP contribution is -2.42. The molecular weight excluding hydrogens is 454 g/mol. The van der Waals surface area contributed by atoms with E-state index >= 15 is 0 Å². The van der Waals surface area contributed by atoms with Crippen LogP contribution in [0, 0.1) is 13.8 Å². The van der Waals surface area contributed by atoms with Gasteiger partial charge in [-0.05, 0) is 27.8 Å². The fraction of sp³-hybridized carbons (Fsp3) is 0.714. The molecule has 1 heterocycles. The van der Waals surface area contributed by atoms with Crippen molar-refractivity contribution >= 4 is 41.3 Å². The highest BCUT2D eigenvalue weighted by Gasteiger charge is 2.28. The van der Waals surface area contributed by atoms with E-state index in [4.69, 9.17) is 0 Å². The molecule has 0 unspecified atom stereocenters. The van der Waals surface area contributed by atoms with E-state index in [-0.39, 0.29) is 30.5 Å². The number of hydrogen-bond donors (Lipinski definition) is 2. The number of aliphatic imine (C=N–C) groups is 1. The predicted octanol–water partition coefficient (Wildman–Crippen LogP) is 2.93. The fourth-order valence-corrected chi connectivity index (χ4v) is 2.70. The first-order chi connectivity index (χ1) is 10.7. The summed E-state index contributed by atoms with van der Waals surface area (Å²) in [5, 5.41) is 7.03. The Bertz CT molecular complexity index is 499. The highest BCUT2D eigenvalue weighted by atomic mass is 127. The van der Waals surface area contributed by atoms with Crippen LogP contribution >= 0.6 is 35.3 Å². The van der Waals surface area contributed by atoms with Crippen LogP contribution in [0.25, 0.3) is 0 Å². The van der Waals surface area contributed by atoms with Crippen molar-refractivity contribution < 1.29 is 13.2 Å². The van der Waals surface area contributed by atoms with Crippen LogP contribution in [0.1, 0.15) is 22.5 Å². The monoisotopic (exact) mass is 479 g/mol. The molecule has 1 rings (SSSR count). The molecule has 0 aliphatic carbocycles. The van der Waals surface area contributed by atoms with Crippen LogP contribution in [0.3, 0.4) is 0 Å². The van der Waals surface area contributed by atoms with Gasteiger partial charge in [-0.3, -0.25) is 4.90 Å². The SMILES string of the molecule is CCNC(=NCc1nc(C)c(C)s1)NCCN(C)CC(F)(F)F.I. The lowest BCUT2D eigenvalue weighted by atomic mass is 10.4. The van der Waals surface area contributed by atoms with Crippen LogP contribution in [-0.2, 0) is 6.54 Å². The first-order valence-corrected chi connectivity index (χ1v) is 8.23. The van der Waals surface area contributed by atoms with Crippen molar-refractivity contribution in [3.63, 3.8) is 0 Å². The van der Waals surface area contributed by atoms with Gasteiger partial charge in [0.05, 0.1) is 18.8 Å². The van der Waals surface area contributed by atoms with Crippen LogP contribution in [0.5, 0.6) is 0 Å². The van der Waals surface area contributed by atoms with E-state index in [1.807, 2.05) is 20.8 Å². The molecule has 1 aromatic heterocycles. The third-order valence-electron chi connectivity index (χ3n) is 3.02. The Labute approximate surface area is 162 Å².